The molecule has 114 valence electrons. The molecule has 0 radical (unpaired) electrons. The summed E-state index contributed by atoms with van der Waals surface area (Å²) in [7, 11) is 0. The van der Waals surface area contributed by atoms with Crippen LogP contribution in [0.25, 0.3) is 11.0 Å². The Morgan fingerprint density at radius 3 is 2.91 bits per heavy atom. The minimum Gasteiger partial charge on any atom is -0.468 e. The number of furan rings is 1. The van der Waals surface area contributed by atoms with Gasteiger partial charge >= 0.3 is 5.69 Å². The Morgan fingerprint density at radius 1 is 1.27 bits per heavy atom. The van der Waals surface area contributed by atoms with E-state index in [2.05, 4.69) is 20.3 Å². The van der Waals surface area contributed by atoms with Gasteiger partial charge in [0, 0.05) is 18.4 Å². The van der Waals surface area contributed by atoms with Crippen molar-refractivity contribution in [1.82, 2.24) is 10.3 Å². The predicted octanol–water partition coefficient (Wildman–Crippen LogP) is 3.07. The van der Waals surface area contributed by atoms with Gasteiger partial charge in [-0.05, 0) is 28.5 Å². The molecule has 3 aromatic rings. The Bertz CT molecular complexity index is 772. The first-order valence-electron chi connectivity index (χ1n) is 6.49. The van der Waals surface area contributed by atoms with Crippen molar-refractivity contribution in [2.24, 2.45) is 0 Å². The monoisotopic (exact) mass is 320 g/mol. The third kappa shape index (κ3) is 3.03. The molecule has 0 atom stereocenters. The summed E-state index contributed by atoms with van der Waals surface area (Å²) >= 11 is 1.72. The van der Waals surface area contributed by atoms with Crippen LogP contribution in [0.5, 0.6) is 0 Å². The Labute approximate surface area is 129 Å². The van der Waals surface area contributed by atoms with Crippen molar-refractivity contribution in [1.29, 1.82) is 0 Å². The summed E-state index contributed by atoms with van der Waals surface area (Å²) in [5.41, 5.74) is 1.07. The maximum atomic E-state index is 10.9. The number of thioether (sulfide) groups is 1. The van der Waals surface area contributed by atoms with E-state index < -0.39 is 4.92 Å². The molecule has 1 N–H and O–H groups in total. The van der Waals surface area contributed by atoms with Crippen LogP contribution in [0.3, 0.4) is 0 Å². The van der Waals surface area contributed by atoms with Crippen LogP contribution >= 0.6 is 11.8 Å². The highest BCUT2D eigenvalue weighted by Crippen LogP contribution is 2.28. The fourth-order valence-electron chi connectivity index (χ4n) is 1.97. The first-order valence-corrected chi connectivity index (χ1v) is 7.65. The number of nitro benzene ring substituents is 1. The summed E-state index contributed by atoms with van der Waals surface area (Å²) in [6.07, 6.45) is 1.65. The molecule has 0 aliphatic carbocycles. The second-order valence-corrected chi connectivity index (χ2v) is 5.51. The highest BCUT2D eigenvalue weighted by atomic mass is 32.2. The van der Waals surface area contributed by atoms with E-state index in [0.717, 1.165) is 17.3 Å². The van der Waals surface area contributed by atoms with Gasteiger partial charge in [-0.2, -0.15) is 11.8 Å². The third-order valence-corrected chi connectivity index (χ3v) is 3.96. The van der Waals surface area contributed by atoms with E-state index in [1.807, 2.05) is 12.1 Å². The summed E-state index contributed by atoms with van der Waals surface area (Å²) in [4.78, 5) is 10.4. The van der Waals surface area contributed by atoms with E-state index in [1.165, 1.54) is 6.07 Å². The predicted molar refractivity (Wildman–Crippen MR) is 81.8 cm³/mol. The first-order chi connectivity index (χ1) is 10.8. The minimum atomic E-state index is -0.504. The topological polar surface area (TPSA) is 107 Å². The molecule has 0 amide bonds. The molecule has 8 nitrogen and oxygen atoms in total. The summed E-state index contributed by atoms with van der Waals surface area (Å²) in [5.74, 6) is 2.59. The van der Waals surface area contributed by atoms with E-state index in [4.69, 9.17) is 4.42 Å². The number of rotatable bonds is 7. The molecule has 0 fully saturated rings. The molecule has 0 spiro atoms. The average Bonchev–Trinajstić information content (AvgIpc) is 3.17. The minimum absolute atomic E-state index is 0.117. The van der Waals surface area contributed by atoms with Gasteiger partial charge in [-0.15, -0.1) is 0 Å². The highest BCUT2D eigenvalue weighted by Gasteiger charge is 2.19. The van der Waals surface area contributed by atoms with Crippen molar-refractivity contribution in [3.05, 3.63) is 46.4 Å². The van der Waals surface area contributed by atoms with Crippen LogP contribution in [0.2, 0.25) is 0 Å². The second kappa shape index (κ2) is 6.48. The Morgan fingerprint density at radius 2 is 2.14 bits per heavy atom. The molecule has 3 rings (SSSR count). The smallest absolute Gasteiger partial charge is 0.300 e. The van der Waals surface area contributed by atoms with Crippen molar-refractivity contribution in [3.8, 4) is 0 Å². The van der Waals surface area contributed by atoms with Gasteiger partial charge in [0.2, 0.25) is 5.52 Å². The lowest BCUT2D eigenvalue weighted by Crippen LogP contribution is -2.05. The molecule has 22 heavy (non-hydrogen) atoms. The van der Waals surface area contributed by atoms with Crippen molar-refractivity contribution in [3.63, 3.8) is 0 Å². The molecule has 0 unspecified atom stereocenters. The normalized spacial score (nSPS) is 10.9. The molecule has 0 aliphatic heterocycles. The third-order valence-electron chi connectivity index (χ3n) is 2.98. The molecular formula is C13H12N4O4S. The number of hydrogen-bond donors (Lipinski definition) is 1. The highest BCUT2D eigenvalue weighted by molar-refractivity contribution is 7.98. The standard InChI is InChI=1S/C13H12N4O4S/c18-17(19)11-4-3-10(12-13(11)16-21-15-12)14-5-7-22-8-9-2-1-6-20-9/h1-4,6,14H,5,7-8H2. The molecule has 0 aliphatic rings. The van der Waals surface area contributed by atoms with E-state index >= 15 is 0 Å². The average molecular weight is 320 g/mol. The fraction of sp³-hybridized carbons (Fsp3) is 0.231. The number of anilines is 1. The Kier molecular flexibility index (Phi) is 4.24. The molecule has 9 heteroatoms. The second-order valence-electron chi connectivity index (χ2n) is 4.41. The van der Waals surface area contributed by atoms with Crippen LogP contribution in [0.4, 0.5) is 11.4 Å². The number of nitro groups is 1. The number of benzene rings is 1. The maximum Gasteiger partial charge on any atom is 0.300 e. The van der Waals surface area contributed by atoms with Crippen molar-refractivity contribution < 1.29 is 14.0 Å². The Balaban J connectivity index is 1.59. The quantitative estimate of drug-likeness (QED) is 0.402. The van der Waals surface area contributed by atoms with Crippen LogP contribution in [0, 0.1) is 10.1 Å². The zero-order chi connectivity index (χ0) is 15.4. The van der Waals surface area contributed by atoms with Gasteiger partial charge in [-0.25, -0.2) is 4.63 Å². The fourth-order valence-corrected chi connectivity index (χ4v) is 2.72. The molecule has 1 aromatic carbocycles. The van der Waals surface area contributed by atoms with Gasteiger partial charge in [0.05, 0.1) is 22.6 Å². The van der Waals surface area contributed by atoms with Gasteiger partial charge in [0.15, 0.2) is 5.52 Å². The van der Waals surface area contributed by atoms with Crippen molar-refractivity contribution >= 4 is 34.2 Å². The van der Waals surface area contributed by atoms with E-state index in [1.54, 1.807) is 24.1 Å². The summed E-state index contributed by atoms with van der Waals surface area (Å²) in [5, 5.41) is 21.4. The van der Waals surface area contributed by atoms with Crippen LogP contribution < -0.4 is 5.32 Å². The number of non-ortho nitro benzene ring substituents is 1. The van der Waals surface area contributed by atoms with Gasteiger partial charge in [-0.1, -0.05) is 0 Å². The summed E-state index contributed by atoms with van der Waals surface area (Å²) < 4.78 is 9.86. The van der Waals surface area contributed by atoms with Gasteiger partial charge in [0.25, 0.3) is 0 Å². The Hall–Kier alpha value is -2.55. The SMILES string of the molecule is O=[N+]([O-])c1ccc(NCCSCc2ccco2)c2nonc12. The van der Waals surface area contributed by atoms with Gasteiger partial charge in [0.1, 0.15) is 5.76 Å². The lowest BCUT2D eigenvalue weighted by Gasteiger charge is -2.05. The molecule has 0 saturated carbocycles. The van der Waals surface area contributed by atoms with E-state index in [-0.39, 0.29) is 11.2 Å². The largest absolute Gasteiger partial charge is 0.468 e. The molecule has 2 aromatic heterocycles. The maximum absolute atomic E-state index is 10.9. The molecular weight excluding hydrogens is 308 g/mol. The summed E-state index contributed by atoms with van der Waals surface area (Å²) in [6, 6.07) is 6.80. The van der Waals surface area contributed by atoms with Crippen molar-refractivity contribution in [2.45, 2.75) is 5.75 Å². The molecule has 2 heterocycles. The lowest BCUT2D eigenvalue weighted by molar-refractivity contribution is -0.383. The molecule has 0 bridgehead atoms. The van der Waals surface area contributed by atoms with Crippen molar-refractivity contribution in [2.75, 3.05) is 17.6 Å². The first kappa shape index (κ1) is 14.4. The zero-order valence-corrected chi connectivity index (χ0v) is 12.2. The number of hydrogen-bond acceptors (Lipinski definition) is 8. The van der Waals surface area contributed by atoms with Crippen LogP contribution in [-0.4, -0.2) is 27.5 Å². The summed E-state index contributed by atoms with van der Waals surface area (Å²) in [6.45, 7) is 0.686. The molecule has 0 saturated heterocycles. The van der Waals surface area contributed by atoms with E-state index in [9.17, 15) is 10.1 Å². The number of fused-ring (bicyclic) bond motifs is 1. The van der Waals surface area contributed by atoms with Crippen LogP contribution in [0.15, 0.2) is 39.6 Å². The zero-order valence-electron chi connectivity index (χ0n) is 11.4. The number of aromatic nitrogens is 2. The number of nitrogens with zero attached hydrogens (tertiary/aromatic N) is 3. The van der Waals surface area contributed by atoms with E-state index in [0.29, 0.717) is 17.7 Å². The number of nitrogens with one attached hydrogen (secondary N) is 1. The van der Waals surface area contributed by atoms with Gasteiger partial charge in [-0.3, -0.25) is 10.1 Å². The van der Waals surface area contributed by atoms with Gasteiger partial charge < -0.3 is 9.73 Å². The van der Waals surface area contributed by atoms with Crippen LogP contribution in [-0.2, 0) is 5.75 Å². The van der Waals surface area contributed by atoms with Crippen LogP contribution in [0.1, 0.15) is 5.76 Å². The lowest BCUT2D eigenvalue weighted by atomic mass is 10.2.